The van der Waals surface area contributed by atoms with Crippen LogP contribution in [0.15, 0.2) is 129 Å². The molecule has 320 valence electrons. The molecule has 8 rings (SSSR count). The molecule has 0 bridgehead atoms. The number of halogens is 3. The quantitative estimate of drug-likeness (QED) is 0.153. The van der Waals surface area contributed by atoms with Crippen molar-refractivity contribution in [3.63, 3.8) is 0 Å². The number of rotatable bonds is 8. The van der Waals surface area contributed by atoms with Gasteiger partial charge >= 0.3 is 5.97 Å². The minimum absolute atomic E-state index is 0. The standard InChI is InChI=1S/C24H22ClN3O2.C21H16ClN3O3.C2H7N.ClH/c1-3-5-17(29)12-21-19-13-22(30)28(2)14-20(19)18-6-4-11-26-24(18)23(27-21)15-7-9-16(25)10-8-15;1-25-11-16-14-3-2-8-23-21(14)20(12-4-6-13(22)7-5-12)24-17(10-19(27)28)15(16)9-18(25)26;1-2-3;/h4,6-11,13-14,21H,3,5,12H2,1-2H3;2-9,11,17H,10H2,1H3,(H,27,28);2-3H2,1H3;1H/t21-;17-;;/m00../s1. The Kier molecular flexibility index (Phi) is 16.0. The number of hydrogen-bond acceptors (Lipinski definition) is 9. The van der Waals surface area contributed by atoms with Gasteiger partial charge in [0.05, 0.1) is 41.3 Å². The zero-order chi connectivity index (χ0) is 43.8. The number of aryl methyl sites for hydroxylation is 2. The van der Waals surface area contributed by atoms with Crippen molar-refractivity contribution in [2.45, 2.75) is 51.6 Å². The Bertz CT molecular complexity index is 2770. The summed E-state index contributed by atoms with van der Waals surface area (Å²) in [6.45, 7) is 4.64. The molecule has 2 atom stereocenters. The highest BCUT2D eigenvalue weighted by atomic mass is 35.5. The molecular formula is C47H46Cl3N7O5. The van der Waals surface area contributed by atoms with Crippen molar-refractivity contribution >= 4 is 58.8 Å². The molecule has 0 saturated heterocycles. The summed E-state index contributed by atoms with van der Waals surface area (Å²) in [4.78, 5) is 67.7. The van der Waals surface area contributed by atoms with Gasteiger partial charge in [-0.25, -0.2) is 0 Å². The van der Waals surface area contributed by atoms with Gasteiger partial charge in [0, 0.05) is 107 Å². The summed E-state index contributed by atoms with van der Waals surface area (Å²) in [7, 11) is 3.39. The molecule has 0 unspecified atom stereocenters. The second-order valence-corrected chi connectivity index (χ2v) is 15.4. The summed E-state index contributed by atoms with van der Waals surface area (Å²) in [5, 5.41) is 10.7. The predicted octanol–water partition coefficient (Wildman–Crippen LogP) is 8.61. The Balaban J connectivity index is 0.000000217. The van der Waals surface area contributed by atoms with E-state index in [4.69, 9.17) is 38.9 Å². The SMILES string of the molecule is CCCC(=O)C[C@@H]1N=C(c2ccc(Cl)cc2)c2ncccc2-c2cn(C)c(=O)cc21.CCN.Cl.Cn1cc2c(cc1=O)[C@H](CC(=O)O)N=C(c1ccc(Cl)cc1)c1ncccc1-2. The number of carbonyl (C=O) groups excluding carboxylic acids is 1. The zero-order valence-electron chi connectivity index (χ0n) is 34.6. The molecule has 2 aliphatic heterocycles. The van der Waals surface area contributed by atoms with Gasteiger partial charge in [-0.15, -0.1) is 12.4 Å². The van der Waals surface area contributed by atoms with Crippen LogP contribution in [-0.4, -0.2) is 53.9 Å². The highest BCUT2D eigenvalue weighted by molar-refractivity contribution is 6.31. The normalized spacial score (nSPS) is 14.4. The van der Waals surface area contributed by atoms with Crippen LogP contribution < -0.4 is 16.9 Å². The summed E-state index contributed by atoms with van der Waals surface area (Å²) in [6.07, 6.45) is 8.23. The molecule has 0 spiro atoms. The van der Waals surface area contributed by atoms with Gasteiger partial charge in [0.1, 0.15) is 5.78 Å². The van der Waals surface area contributed by atoms with Crippen LogP contribution in [0, 0.1) is 0 Å². The lowest BCUT2D eigenvalue weighted by molar-refractivity contribution is -0.137. The first-order chi connectivity index (χ1) is 29.3. The van der Waals surface area contributed by atoms with Crippen LogP contribution in [0.5, 0.6) is 0 Å². The number of pyridine rings is 4. The van der Waals surface area contributed by atoms with Crippen LogP contribution in [0.1, 0.15) is 85.3 Å². The molecule has 3 N–H and O–H groups in total. The summed E-state index contributed by atoms with van der Waals surface area (Å²) >= 11 is 12.1. The van der Waals surface area contributed by atoms with Gasteiger partial charge in [0.2, 0.25) is 0 Å². The van der Waals surface area contributed by atoms with Crippen molar-refractivity contribution in [3.05, 3.63) is 174 Å². The second-order valence-electron chi connectivity index (χ2n) is 14.5. The fourth-order valence-electron chi connectivity index (χ4n) is 7.20. The molecule has 6 heterocycles. The van der Waals surface area contributed by atoms with E-state index in [2.05, 4.69) is 9.97 Å². The largest absolute Gasteiger partial charge is 0.481 e. The van der Waals surface area contributed by atoms with E-state index in [-0.39, 0.29) is 42.2 Å². The minimum Gasteiger partial charge on any atom is -0.481 e. The molecule has 0 saturated carbocycles. The van der Waals surface area contributed by atoms with Crippen LogP contribution >= 0.6 is 35.6 Å². The number of nitrogens with two attached hydrogens (primary N) is 1. The lowest BCUT2D eigenvalue weighted by atomic mass is 9.93. The van der Waals surface area contributed by atoms with E-state index in [9.17, 15) is 24.3 Å². The Morgan fingerprint density at radius 3 is 1.47 bits per heavy atom. The van der Waals surface area contributed by atoms with Crippen molar-refractivity contribution in [2.24, 2.45) is 29.8 Å². The van der Waals surface area contributed by atoms with Gasteiger partial charge < -0.3 is 20.0 Å². The summed E-state index contributed by atoms with van der Waals surface area (Å²) in [6, 6.07) is 24.1. The first-order valence-corrected chi connectivity index (χ1v) is 20.5. The minimum atomic E-state index is -0.991. The number of aliphatic carboxylic acids is 1. The number of Topliss-reactive ketones (excluding diaryl/α,β-unsaturated/α-hetero) is 1. The molecule has 12 nitrogen and oxygen atoms in total. The van der Waals surface area contributed by atoms with Crippen molar-refractivity contribution < 1.29 is 14.7 Å². The van der Waals surface area contributed by atoms with E-state index in [1.54, 1.807) is 55.5 Å². The van der Waals surface area contributed by atoms with E-state index in [1.165, 1.54) is 10.6 Å². The highest BCUT2D eigenvalue weighted by Crippen LogP contribution is 2.39. The van der Waals surface area contributed by atoms with Crippen LogP contribution in [-0.2, 0) is 23.7 Å². The molecule has 15 heteroatoms. The van der Waals surface area contributed by atoms with Gasteiger partial charge in [-0.2, -0.15) is 0 Å². The van der Waals surface area contributed by atoms with Gasteiger partial charge in [0.15, 0.2) is 0 Å². The van der Waals surface area contributed by atoms with Gasteiger partial charge in [-0.1, -0.05) is 73.4 Å². The summed E-state index contributed by atoms with van der Waals surface area (Å²) in [5.74, 6) is -0.859. The van der Waals surface area contributed by atoms with E-state index in [1.807, 2.05) is 80.7 Å². The molecule has 4 aromatic heterocycles. The molecule has 2 aromatic carbocycles. The maximum atomic E-state index is 12.6. The van der Waals surface area contributed by atoms with E-state index >= 15 is 0 Å². The number of carboxylic acids is 1. The number of carbonyl (C=O) groups is 2. The Morgan fingerprint density at radius 2 is 1.08 bits per heavy atom. The van der Waals surface area contributed by atoms with Crippen molar-refractivity contribution in [1.29, 1.82) is 0 Å². The predicted molar refractivity (Wildman–Crippen MR) is 248 cm³/mol. The molecular weight excluding hydrogens is 849 g/mol. The molecule has 0 fully saturated rings. The lowest BCUT2D eigenvalue weighted by Crippen LogP contribution is -2.18. The van der Waals surface area contributed by atoms with Crippen LogP contribution in [0.4, 0.5) is 0 Å². The Morgan fingerprint density at radius 1 is 0.677 bits per heavy atom. The van der Waals surface area contributed by atoms with E-state index in [0.29, 0.717) is 39.1 Å². The van der Waals surface area contributed by atoms with Gasteiger partial charge in [0.25, 0.3) is 11.1 Å². The maximum Gasteiger partial charge on any atom is 0.305 e. The summed E-state index contributed by atoms with van der Waals surface area (Å²) in [5.41, 5.74) is 13.5. The third-order valence-corrected chi connectivity index (χ3v) is 10.5. The van der Waals surface area contributed by atoms with Crippen LogP contribution in [0.2, 0.25) is 10.0 Å². The second kappa shape index (κ2) is 21.2. The molecule has 6 aromatic rings. The Hall–Kier alpha value is -6.05. The van der Waals surface area contributed by atoms with E-state index in [0.717, 1.165) is 57.6 Å². The van der Waals surface area contributed by atoms with Crippen molar-refractivity contribution in [3.8, 4) is 22.3 Å². The van der Waals surface area contributed by atoms with E-state index < -0.39 is 18.1 Å². The molecule has 0 radical (unpaired) electrons. The topological polar surface area (TPSA) is 175 Å². The fraction of sp³-hybridized carbons (Fsp3) is 0.234. The zero-order valence-corrected chi connectivity index (χ0v) is 36.9. The van der Waals surface area contributed by atoms with Crippen molar-refractivity contribution in [2.75, 3.05) is 6.54 Å². The van der Waals surface area contributed by atoms with Crippen LogP contribution in [0.25, 0.3) is 22.3 Å². The van der Waals surface area contributed by atoms with Gasteiger partial charge in [-0.05, 0) is 60.5 Å². The number of hydrogen-bond donors (Lipinski definition) is 2. The highest BCUT2D eigenvalue weighted by Gasteiger charge is 2.30. The first kappa shape index (κ1) is 47.0. The number of ketones is 1. The number of fused-ring (bicyclic) bond motifs is 6. The number of carboxylic acid groups (broad SMARTS) is 1. The number of aliphatic imine (C=N–C) groups is 2. The average Bonchev–Trinajstić information content (AvgIpc) is 3.44. The smallest absolute Gasteiger partial charge is 0.305 e. The van der Waals surface area contributed by atoms with Crippen molar-refractivity contribution in [1.82, 2.24) is 19.1 Å². The number of benzene rings is 2. The molecule has 2 aliphatic rings. The third-order valence-electron chi connectivity index (χ3n) is 10.0. The fourth-order valence-corrected chi connectivity index (χ4v) is 7.45. The third kappa shape index (κ3) is 10.7. The number of nitrogens with zero attached hydrogens (tertiary/aromatic N) is 6. The molecule has 0 aliphatic carbocycles. The average molecular weight is 895 g/mol. The molecule has 0 amide bonds. The lowest BCUT2D eigenvalue weighted by Gasteiger charge is -2.15. The van der Waals surface area contributed by atoms with Gasteiger partial charge in [-0.3, -0.25) is 39.1 Å². The first-order valence-electron chi connectivity index (χ1n) is 19.8. The molecule has 62 heavy (non-hydrogen) atoms. The van der Waals surface area contributed by atoms with Crippen LogP contribution in [0.3, 0.4) is 0 Å². The number of aromatic nitrogens is 4. The Labute approximate surface area is 375 Å². The monoisotopic (exact) mass is 893 g/mol. The maximum absolute atomic E-state index is 12.6. The summed E-state index contributed by atoms with van der Waals surface area (Å²) < 4.78 is 3.02.